The van der Waals surface area contributed by atoms with Crippen LogP contribution in [0.15, 0.2) is 12.1 Å². The summed E-state index contributed by atoms with van der Waals surface area (Å²) in [6.07, 6.45) is 1.49. The van der Waals surface area contributed by atoms with Gasteiger partial charge in [0.15, 0.2) is 5.69 Å². The van der Waals surface area contributed by atoms with Gasteiger partial charge in [-0.2, -0.15) is 0 Å². The lowest BCUT2D eigenvalue weighted by molar-refractivity contribution is -0.389. The molecule has 0 bridgehead atoms. The summed E-state index contributed by atoms with van der Waals surface area (Å²) in [5, 5.41) is 22.1. The maximum absolute atomic E-state index is 11.9. The van der Waals surface area contributed by atoms with Crippen LogP contribution < -0.4 is 5.32 Å². The fraction of sp³-hybridized carbons (Fsp3) is 0.455. The minimum Gasteiger partial charge on any atom is -0.480 e. The maximum atomic E-state index is 11.9. The Labute approximate surface area is 108 Å². The highest BCUT2D eigenvalue weighted by atomic mass is 16.6. The van der Waals surface area contributed by atoms with Crippen LogP contribution in [0.2, 0.25) is 0 Å². The van der Waals surface area contributed by atoms with E-state index in [2.05, 4.69) is 10.3 Å². The second-order valence-electron chi connectivity index (χ2n) is 4.75. The number of hydrogen-bond donors (Lipinski definition) is 3. The fourth-order valence-corrected chi connectivity index (χ4v) is 1.92. The molecule has 1 aromatic heterocycles. The molecule has 8 heteroatoms. The Balaban J connectivity index is 2.15. The highest BCUT2D eigenvalue weighted by Gasteiger charge is 2.49. The first-order valence-electron chi connectivity index (χ1n) is 5.74. The summed E-state index contributed by atoms with van der Waals surface area (Å²) >= 11 is 0. The van der Waals surface area contributed by atoms with Gasteiger partial charge in [0.05, 0.1) is 0 Å². The van der Waals surface area contributed by atoms with Gasteiger partial charge < -0.3 is 20.5 Å². The monoisotopic (exact) mass is 267 g/mol. The lowest BCUT2D eigenvalue weighted by Gasteiger charge is -2.25. The van der Waals surface area contributed by atoms with Crippen molar-refractivity contribution in [2.45, 2.75) is 25.3 Å². The van der Waals surface area contributed by atoms with E-state index in [1.807, 2.05) is 0 Å². The molecule has 0 aromatic carbocycles. The SMILES string of the molecule is CC(NC(=O)c1ccc([N+](=O)[O-])[nH]1)(C(=O)O)C1CC1. The molecule has 1 unspecified atom stereocenters. The van der Waals surface area contributed by atoms with Crippen LogP contribution in [0.4, 0.5) is 5.82 Å². The number of aromatic amines is 1. The number of nitrogens with one attached hydrogen (secondary N) is 2. The van der Waals surface area contributed by atoms with Crippen molar-refractivity contribution in [3.05, 3.63) is 27.9 Å². The van der Waals surface area contributed by atoms with E-state index in [4.69, 9.17) is 0 Å². The van der Waals surface area contributed by atoms with Gasteiger partial charge in [-0.25, -0.2) is 9.78 Å². The van der Waals surface area contributed by atoms with Gasteiger partial charge in [0.2, 0.25) is 0 Å². The van der Waals surface area contributed by atoms with Gasteiger partial charge in [-0.15, -0.1) is 0 Å². The van der Waals surface area contributed by atoms with Crippen molar-refractivity contribution >= 4 is 17.7 Å². The average Bonchev–Trinajstić information content (AvgIpc) is 3.06. The van der Waals surface area contributed by atoms with Crippen molar-refractivity contribution in [1.29, 1.82) is 0 Å². The molecule has 0 spiro atoms. The summed E-state index contributed by atoms with van der Waals surface area (Å²) in [5.74, 6) is -2.18. The molecular weight excluding hydrogens is 254 g/mol. The van der Waals surface area contributed by atoms with Crippen molar-refractivity contribution in [3.8, 4) is 0 Å². The van der Waals surface area contributed by atoms with E-state index >= 15 is 0 Å². The van der Waals surface area contributed by atoms with Gasteiger partial charge in [-0.3, -0.25) is 4.79 Å². The van der Waals surface area contributed by atoms with E-state index in [-0.39, 0.29) is 17.4 Å². The molecule has 3 N–H and O–H groups in total. The van der Waals surface area contributed by atoms with Crippen LogP contribution in [-0.4, -0.2) is 32.4 Å². The van der Waals surface area contributed by atoms with Crippen LogP contribution in [0.3, 0.4) is 0 Å². The standard InChI is InChI=1S/C11H13N3O5/c1-11(10(16)17,6-2-3-6)13-9(15)7-4-5-8(12-7)14(18)19/h4-6,12H,2-3H2,1H3,(H,13,15)(H,16,17). The Kier molecular flexibility index (Phi) is 3.01. The molecule has 1 saturated carbocycles. The van der Waals surface area contributed by atoms with Gasteiger partial charge in [0.1, 0.15) is 5.54 Å². The molecule has 1 atom stereocenters. The summed E-state index contributed by atoms with van der Waals surface area (Å²) in [4.78, 5) is 35.3. The molecule has 2 rings (SSSR count). The Hall–Kier alpha value is -2.38. The number of aliphatic carboxylic acids is 1. The summed E-state index contributed by atoms with van der Waals surface area (Å²) in [5.41, 5.74) is -1.36. The Morgan fingerprint density at radius 1 is 1.53 bits per heavy atom. The minimum atomic E-state index is -1.34. The third-order valence-electron chi connectivity index (χ3n) is 3.32. The van der Waals surface area contributed by atoms with E-state index in [9.17, 15) is 24.8 Å². The van der Waals surface area contributed by atoms with Crippen LogP contribution in [0.5, 0.6) is 0 Å². The summed E-state index contributed by atoms with van der Waals surface area (Å²) in [6.45, 7) is 1.45. The van der Waals surface area contributed by atoms with Gasteiger partial charge in [-0.05, 0) is 36.7 Å². The van der Waals surface area contributed by atoms with Gasteiger partial charge in [0.25, 0.3) is 5.91 Å². The summed E-state index contributed by atoms with van der Waals surface area (Å²) in [7, 11) is 0. The van der Waals surface area contributed by atoms with Crippen molar-refractivity contribution in [1.82, 2.24) is 10.3 Å². The molecule has 102 valence electrons. The number of carboxylic acid groups (broad SMARTS) is 1. The zero-order valence-corrected chi connectivity index (χ0v) is 10.2. The Morgan fingerprint density at radius 3 is 2.58 bits per heavy atom. The average molecular weight is 267 g/mol. The maximum Gasteiger partial charge on any atom is 0.329 e. The van der Waals surface area contributed by atoms with Gasteiger partial charge in [0, 0.05) is 6.07 Å². The first kappa shape index (κ1) is 13.1. The van der Waals surface area contributed by atoms with Crippen LogP contribution in [0.1, 0.15) is 30.3 Å². The number of H-pyrrole nitrogens is 1. The van der Waals surface area contributed by atoms with E-state index < -0.39 is 22.3 Å². The third-order valence-corrected chi connectivity index (χ3v) is 3.32. The number of rotatable bonds is 5. The zero-order chi connectivity index (χ0) is 14.2. The van der Waals surface area contributed by atoms with Crippen molar-refractivity contribution < 1.29 is 19.6 Å². The highest BCUT2D eigenvalue weighted by Crippen LogP contribution is 2.39. The molecule has 1 heterocycles. The normalized spacial score (nSPS) is 17.5. The number of aromatic nitrogens is 1. The minimum absolute atomic E-state index is 0.0279. The summed E-state index contributed by atoms with van der Waals surface area (Å²) in [6, 6.07) is 2.41. The van der Waals surface area contributed by atoms with Crippen molar-refractivity contribution in [2.75, 3.05) is 0 Å². The van der Waals surface area contributed by atoms with Crippen molar-refractivity contribution in [3.63, 3.8) is 0 Å². The topological polar surface area (TPSA) is 125 Å². The molecule has 1 aromatic rings. The number of hydrogen-bond acceptors (Lipinski definition) is 4. The molecule has 0 radical (unpaired) electrons. The lowest BCUT2D eigenvalue weighted by atomic mass is 9.96. The lowest BCUT2D eigenvalue weighted by Crippen LogP contribution is -2.54. The highest BCUT2D eigenvalue weighted by molar-refractivity contribution is 5.97. The van der Waals surface area contributed by atoms with Gasteiger partial charge in [-0.1, -0.05) is 0 Å². The molecular formula is C11H13N3O5. The number of amides is 1. The quantitative estimate of drug-likeness (QED) is 0.540. The largest absolute Gasteiger partial charge is 0.480 e. The molecule has 0 aliphatic heterocycles. The van der Waals surface area contributed by atoms with E-state index in [0.29, 0.717) is 0 Å². The van der Waals surface area contributed by atoms with E-state index in [1.54, 1.807) is 0 Å². The number of carboxylic acids is 1. The van der Waals surface area contributed by atoms with Crippen LogP contribution >= 0.6 is 0 Å². The van der Waals surface area contributed by atoms with Crippen molar-refractivity contribution in [2.24, 2.45) is 5.92 Å². The second-order valence-corrected chi connectivity index (χ2v) is 4.75. The zero-order valence-electron chi connectivity index (χ0n) is 10.2. The smallest absolute Gasteiger partial charge is 0.329 e. The molecule has 1 aliphatic rings. The molecule has 0 saturated heterocycles. The second kappa shape index (κ2) is 4.38. The van der Waals surface area contributed by atoms with Crippen LogP contribution in [0, 0.1) is 16.0 Å². The van der Waals surface area contributed by atoms with Crippen LogP contribution in [-0.2, 0) is 4.79 Å². The third kappa shape index (κ3) is 2.42. The molecule has 1 amide bonds. The fourth-order valence-electron chi connectivity index (χ4n) is 1.92. The first-order valence-corrected chi connectivity index (χ1v) is 5.74. The predicted octanol–water partition coefficient (Wildman–Crippen LogP) is 0.906. The molecule has 1 fully saturated rings. The molecule has 19 heavy (non-hydrogen) atoms. The Bertz CT molecular complexity index is 548. The van der Waals surface area contributed by atoms with Gasteiger partial charge >= 0.3 is 11.8 Å². The molecule has 1 aliphatic carbocycles. The number of nitrogens with zero attached hydrogens (tertiary/aromatic N) is 1. The van der Waals surface area contributed by atoms with Crippen LogP contribution in [0.25, 0.3) is 0 Å². The summed E-state index contributed by atoms with van der Waals surface area (Å²) < 4.78 is 0. The van der Waals surface area contributed by atoms with E-state index in [1.165, 1.54) is 13.0 Å². The number of carbonyl (C=O) groups is 2. The molecule has 8 nitrogen and oxygen atoms in total. The number of carbonyl (C=O) groups excluding carboxylic acids is 1. The van der Waals surface area contributed by atoms with E-state index in [0.717, 1.165) is 18.9 Å². The Morgan fingerprint density at radius 2 is 2.16 bits per heavy atom. The first-order chi connectivity index (χ1) is 8.84. The number of nitro groups is 1. The predicted molar refractivity (Wildman–Crippen MR) is 63.7 cm³/mol.